The first kappa shape index (κ1) is 26.5. The highest BCUT2D eigenvalue weighted by molar-refractivity contribution is 6.30. The molecule has 1 aromatic carbocycles. The van der Waals surface area contributed by atoms with E-state index in [-0.39, 0.29) is 11.9 Å². The van der Waals surface area contributed by atoms with Gasteiger partial charge in [-0.2, -0.15) is 5.26 Å². The van der Waals surface area contributed by atoms with Gasteiger partial charge in [0.2, 0.25) is 5.88 Å². The van der Waals surface area contributed by atoms with Crippen LogP contribution in [0.1, 0.15) is 35.7 Å². The molecule has 1 unspecified atom stereocenters. The highest BCUT2D eigenvalue weighted by atomic mass is 35.5. The largest absolute Gasteiger partial charge is 0.456 e. The highest BCUT2D eigenvalue weighted by Gasteiger charge is 2.28. The molecule has 0 saturated carbocycles. The standard InChI is InChI=1S/C30H30ClN5O3/c1-22(19-36(28-12-11-26(31)18-33-28)30(37)25-9-7-23(17-32)8-10-25)34-13-15-35(16-14-34)29-21-38-27(20-39-29)24-5-3-2-4-6-24/h2-3,5,7-12,18,20-22H,4,6,13-16,19H2,1H3. The van der Waals surface area contributed by atoms with E-state index < -0.39 is 0 Å². The van der Waals surface area contributed by atoms with E-state index in [4.69, 9.17) is 26.3 Å². The number of benzene rings is 1. The van der Waals surface area contributed by atoms with Crippen LogP contribution in [0, 0.1) is 11.3 Å². The molecule has 39 heavy (non-hydrogen) atoms. The molecule has 1 fully saturated rings. The van der Waals surface area contributed by atoms with Crippen molar-refractivity contribution in [3.05, 3.63) is 107 Å². The van der Waals surface area contributed by atoms with E-state index in [0.29, 0.717) is 34.4 Å². The predicted octanol–water partition coefficient (Wildman–Crippen LogP) is 5.22. The molecule has 2 aromatic rings. The molecule has 1 amide bonds. The average Bonchev–Trinajstić information content (AvgIpc) is 3.00. The monoisotopic (exact) mass is 543 g/mol. The van der Waals surface area contributed by atoms with Crippen molar-refractivity contribution in [3.63, 3.8) is 0 Å². The molecule has 8 nitrogen and oxygen atoms in total. The summed E-state index contributed by atoms with van der Waals surface area (Å²) in [4.78, 5) is 24.2. The minimum absolute atomic E-state index is 0.0715. The van der Waals surface area contributed by atoms with Gasteiger partial charge in [-0.25, -0.2) is 4.98 Å². The van der Waals surface area contributed by atoms with Crippen molar-refractivity contribution in [2.75, 3.05) is 37.6 Å². The van der Waals surface area contributed by atoms with Crippen LogP contribution in [0.5, 0.6) is 0 Å². The third-order valence-electron chi connectivity index (χ3n) is 7.09. The number of pyridine rings is 1. The Balaban J connectivity index is 1.21. The van der Waals surface area contributed by atoms with Crippen LogP contribution in [0.2, 0.25) is 5.02 Å². The number of carbonyl (C=O) groups excluding carboxylic acids is 1. The average molecular weight is 544 g/mol. The summed E-state index contributed by atoms with van der Waals surface area (Å²) in [6.45, 7) is 5.73. The molecule has 9 heteroatoms. The van der Waals surface area contributed by atoms with Crippen molar-refractivity contribution in [3.8, 4) is 6.07 Å². The predicted molar refractivity (Wildman–Crippen MR) is 149 cm³/mol. The SMILES string of the molecule is CC(CN(C(=O)c1ccc(C#N)cc1)c1ccc(Cl)cn1)N1CCN(C2=COC(C3=CC=CCC3)=CO2)CC1. The van der Waals surface area contributed by atoms with Gasteiger partial charge in [0, 0.05) is 50.5 Å². The Hall–Kier alpha value is -4.06. The van der Waals surface area contributed by atoms with Crippen molar-refractivity contribution >= 4 is 23.3 Å². The molecule has 1 aromatic heterocycles. The van der Waals surface area contributed by atoms with E-state index in [1.165, 1.54) is 0 Å². The summed E-state index contributed by atoms with van der Waals surface area (Å²) < 4.78 is 11.8. The molecular formula is C30H30ClN5O3. The van der Waals surface area contributed by atoms with Gasteiger partial charge in [-0.05, 0) is 61.7 Å². The first-order valence-corrected chi connectivity index (χ1v) is 13.4. The lowest BCUT2D eigenvalue weighted by atomic mass is 10.0. The fourth-order valence-electron chi connectivity index (χ4n) is 4.81. The van der Waals surface area contributed by atoms with E-state index in [2.05, 4.69) is 39.9 Å². The lowest BCUT2D eigenvalue weighted by Crippen LogP contribution is -2.53. The van der Waals surface area contributed by atoms with Crippen molar-refractivity contribution in [2.24, 2.45) is 0 Å². The quantitative estimate of drug-likeness (QED) is 0.473. The number of nitriles is 1. The van der Waals surface area contributed by atoms with Gasteiger partial charge in [-0.3, -0.25) is 14.6 Å². The Bertz CT molecular complexity index is 1350. The van der Waals surface area contributed by atoms with Crippen molar-refractivity contribution in [1.29, 1.82) is 5.26 Å². The summed E-state index contributed by atoms with van der Waals surface area (Å²) in [6, 6.07) is 12.3. The summed E-state index contributed by atoms with van der Waals surface area (Å²) >= 11 is 6.06. The maximum atomic E-state index is 13.5. The molecule has 0 N–H and O–H groups in total. The van der Waals surface area contributed by atoms with Gasteiger partial charge in [0.05, 0.1) is 16.7 Å². The summed E-state index contributed by atoms with van der Waals surface area (Å²) in [5.74, 6) is 1.83. The molecule has 1 atom stereocenters. The van der Waals surface area contributed by atoms with Gasteiger partial charge in [-0.15, -0.1) is 0 Å². The van der Waals surface area contributed by atoms with E-state index in [1.54, 1.807) is 60.0 Å². The molecule has 0 radical (unpaired) electrons. The van der Waals surface area contributed by atoms with E-state index in [0.717, 1.165) is 50.4 Å². The van der Waals surface area contributed by atoms with Gasteiger partial charge in [0.25, 0.3) is 5.91 Å². The van der Waals surface area contributed by atoms with Crippen LogP contribution in [0.15, 0.2) is 90.6 Å². The number of hydrogen-bond acceptors (Lipinski definition) is 7. The van der Waals surface area contributed by atoms with Crippen LogP contribution < -0.4 is 4.90 Å². The van der Waals surface area contributed by atoms with Gasteiger partial charge < -0.3 is 14.4 Å². The van der Waals surface area contributed by atoms with Gasteiger partial charge >= 0.3 is 0 Å². The summed E-state index contributed by atoms with van der Waals surface area (Å²) in [5.41, 5.74) is 2.14. The van der Waals surface area contributed by atoms with Crippen LogP contribution in [-0.2, 0) is 9.47 Å². The maximum Gasteiger partial charge on any atom is 0.259 e. The molecule has 3 aliphatic rings. The third-order valence-corrected chi connectivity index (χ3v) is 7.32. The van der Waals surface area contributed by atoms with Gasteiger partial charge in [0.1, 0.15) is 12.1 Å². The molecule has 3 heterocycles. The number of halogens is 1. The van der Waals surface area contributed by atoms with Crippen LogP contribution >= 0.6 is 11.6 Å². The second-order valence-corrected chi connectivity index (χ2v) is 10.1. The van der Waals surface area contributed by atoms with Gasteiger partial charge in [-0.1, -0.05) is 29.8 Å². The molecule has 0 bridgehead atoms. The smallest absolute Gasteiger partial charge is 0.259 e. The Morgan fingerprint density at radius 3 is 2.54 bits per heavy atom. The first-order chi connectivity index (χ1) is 19.0. The fraction of sp³-hybridized carbons (Fsp3) is 0.300. The number of piperazine rings is 1. The Morgan fingerprint density at radius 1 is 1.13 bits per heavy atom. The zero-order valence-electron chi connectivity index (χ0n) is 21.8. The maximum absolute atomic E-state index is 13.5. The lowest BCUT2D eigenvalue weighted by Gasteiger charge is -2.40. The number of rotatable bonds is 7. The van der Waals surface area contributed by atoms with Crippen LogP contribution in [0.4, 0.5) is 5.82 Å². The molecular weight excluding hydrogens is 514 g/mol. The van der Waals surface area contributed by atoms with Crippen molar-refractivity contribution in [1.82, 2.24) is 14.8 Å². The highest BCUT2D eigenvalue weighted by Crippen LogP contribution is 2.27. The fourth-order valence-corrected chi connectivity index (χ4v) is 4.92. The summed E-state index contributed by atoms with van der Waals surface area (Å²) in [6.07, 6.45) is 13.1. The van der Waals surface area contributed by atoms with Gasteiger partial charge in [0.15, 0.2) is 12.0 Å². The Labute approximate surface area is 233 Å². The number of nitrogens with zero attached hydrogens (tertiary/aromatic N) is 5. The van der Waals surface area contributed by atoms with Crippen LogP contribution in [0.3, 0.4) is 0 Å². The second-order valence-electron chi connectivity index (χ2n) is 9.64. The molecule has 1 saturated heterocycles. The third kappa shape index (κ3) is 6.33. The molecule has 2 aliphatic heterocycles. The van der Waals surface area contributed by atoms with E-state index >= 15 is 0 Å². The Morgan fingerprint density at radius 2 is 1.92 bits per heavy atom. The first-order valence-electron chi connectivity index (χ1n) is 13.0. The van der Waals surface area contributed by atoms with E-state index in [9.17, 15) is 4.79 Å². The molecule has 5 rings (SSSR count). The summed E-state index contributed by atoms with van der Waals surface area (Å²) in [7, 11) is 0. The molecule has 0 spiro atoms. The summed E-state index contributed by atoms with van der Waals surface area (Å²) in [5, 5.41) is 9.61. The van der Waals surface area contributed by atoms with Crippen molar-refractivity contribution < 1.29 is 14.3 Å². The van der Waals surface area contributed by atoms with Crippen LogP contribution in [0.25, 0.3) is 0 Å². The van der Waals surface area contributed by atoms with Crippen LogP contribution in [-0.4, -0.2) is 59.5 Å². The lowest BCUT2D eigenvalue weighted by molar-refractivity contribution is 0.0690. The number of hydrogen-bond donors (Lipinski definition) is 0. The molecule has 1 aliphatic carbocycles. The normalized spacial score (nSPS) is 18.1. The van der Waals surface area contributed by atoms with Crippen molar-refractivity contribution in [2.45, 2.75) is 25.8 Å². The zero-order chi connectivity index (χ0) is 27.2. The number of carbonyl (C=O) groups is 1. The second kappa shape index (κ2) is 12.2. The minimum Gasteiger partial charge on any atom is -0.456 e. The minimum atomic E-state index is -0.177. The number of ether oxygens (including phenoxy) is 2. The number of anilines is 1. The van der Waals surface area contributed by atoms with E-state index in [1.807, 2.05) is 6.08 Å². The number of aromatic nitrogens is 1. The molecule has 200 valence electrons. The number of amides is 1. The topological polar surface area (TPSA) is 81.9 Å². The zero-order valence-corrected chi connectivity index (χ0v) is 22.6. The number of allylic oxidation sites excluding steroid dienone is 4. The Kier molecular flexibility index (Phi) is 8.30.